The van der Waals surface area contributed by atoms with Crippen molar-refractivity contribution in [1.29, 1.82) is 0 Å². The van der Waals surface area contributed by atoms with E-state index in [1.54, 1.807) is 19.2 Å². The number of nitrogens with two attached hydrogens (primary N) is 1. The number of aromatic nitrogens is 1. The maximum Gasteiger partial charge on any atom is 0.276 e. The molecule has 0 aliphatic heterocycles. The topological polar surface area (TPSA) is 88.4 Å². The molecule has 6 nitrogen and oxygen atoms in total. The van der Waals surface area contributed by atoms with E-state index in [4.69, 9.17) is 10.5 Å². The lowest BCUT2D eigenvalue weighted by molar-refractivity contribution is -0.116. The summed E-state index contributed by atoms with van der Waals surface area (Å²) < 4.78 is 5.13. The number of nitrogens with zero attached hydrogens (tertiary/aromatic N) is 1. The zero-order valence-electron chi connectivity index (χ0n) is 11.3. The molecule has 0 aliphatic rings. The number of methoxy groups -OCH3 is 1. The number of rotatable bonds is 6. The van der Waals surface area contributed by atoms with E-state index < -0.39 is 0 Å². The summed E-state index contributed by atoms with van der Waals surface area (Å²) in [5.74, 6) is 0.356. The predicted octanol–water partition coefficient (Wildman–Crippen LogP) is 1.12. The second-order valence-electron chi connectivity index (χ2n) is 4.38. The van der Waals surface area contributed by atoms with Gasteiger partial charge in [-0.05, 0) is 37.2 Å². The van der Waals surface area contributed by atoms with Crippen LogP contribution in [0.2, 0.25) is 0 Å². The van der Waals surface area contributed by atoms with Crippen LogP contribution >= 0.6 is 0 Å². The molecule has 6 heteroatoms. The first kappa shape index (κ1) is 14.1. The third-order valence-corrected chi connectivity index (χ3v) is 3.05. The molecule has 0 unspecified atom stereocenters. The van der Waals surface area contributed by atoms with Gasteiger partial charge in [0.2, 0.25) is 6.41 Å². The molecule has 2 aromatic rings. The Labute approximate surface area is 116 Å². The molecule has 0 radical (unpaired) electrons. The van der Waals surface area contributed by atoms with Gasteiger partial charge in [0.1, 0.15) is 11.4 Å². The number of imide groups is 1. The number of carbonyl (C=O) groups is 2. The molecule has 106 valence electrons. The minimum absolute atomic E-state index is 0.317. The Morgan fingerprint density at radius 2 is 2.25 bits per heavy atom. The van der Waals surface area contributed by atoms with Crippen LogP contribution in [-0.2, 0) is 4.79 Å². The first-order valence-electron chi connectivity index (χ1n) is 6.32. The van der Waals surface area contributed by atoms with Crippen molar-refractivity contribution >= 4 is 23.2 Å². The van der Waals surface area contributed by atoms with Gasteiger partial charge in [0.25, 0.3) is 5.91 Å². The predicted molar refractivity (Wildman–Crippen MR) is 75.6 cm³/mol. The van der Waals surface area contributed by atoms with Crippen LogP contribution < -0.4 is 10.5 Å². The van der Waals surface area contributed by atoms with Gasteiger partial charge in [-0.2, -0.15) is 0 Å². The number of H-pyrrole nitrogens is 1. The van der Waals surface area contributed by atoms with E-state index >= 15 is 0 Å². The van der Waals surface area contributed by atoms with Crippen molar-refractivity contribution in [2.24, 2.45) is 5.73 Å². The molecular formula is C14H17N3O3. The van der Waals surface area contributed by atoms with Crippen molar-refractivity contribution in [3.8, 4) is 5.75 Å². The second kappa shape index (κ2) is 6.21. The van der Waals surface area contributed by atoms with Crippen molar-refractivity contribution in [2.45, 2.75) is 6.42 Å². The molecule has 0 spiro atoms. The van der Waals surface area contributed by atoms with Crippen LogP contribution in [-0.4, -0.2) is 42.4 Å². The van der Waals surface area contributed by atoms with Gasteiger partial charge in [0.15, 0.2) is 0 Å². The Morgan fingerprint density at radius 3 is 2.90 bits per heavy atom. The van der Waals surface area contributed by atoms with Crippen molar-refractivity contribution < 1.29 is 14.3 Å². The number of nitrogens with one attached hydrogen (secondary N) is 1. The summed E-state index contributed by atoms with van der Waals surface area (Å²) in [6, 6.07) is 7.17. The van der Waals surface area contributed by atoms with Crippen LogP contribution in [0.1, 0.15) is 16.9 Å². The number of carbonyl (C=O) groups excluding carboxylic acids is 2. The lowest BCUT2D eigenvalue weighted by atomic mass is 10.2. The first-order valence-corrected chi connectivity index (χ1v) is 6.32. The molecule has 3 N–H and O–H groups in total. The highest BCUT2D eigenvalue weighted by Crippen LogP contribution is 2.21. The summed E-state index contributed by atoms with van der Waals surface area (Å²) in [6.45, 7) is 0.749. The molecule has 1 aromatic carbocycles. The monoisotopic (exact) mass is 275 g/mol. The number of aromatic amines is 1. The molecule has 20 heavy (non-hydrogen) atoms. The maximum atomic E-state index is 12.2. The van der Waals surface area contributed by atoms with Crippen LogP contribution in [0.4, 0.5) is 0 Å². The Morgan fingerprint density at radius 1 is 1.45 bits per heavy atom. The Hall–Kier alpha value is -2.34. The van der Waals surface area contributed by atoms with E-state index in [-0.39, 0.29) is 5.91 Å². The molecule has 0 atom stereocenters. The fourth-order valence-electron chi connectivity index (χ4n) is 1.97. The van der Waals surface area contributed by atoms with E-state index in [1.165, 1.54) is 0 Å². The molecule has 1 heterocycles. The minimum atomic E-state index is -0.358. The first-order chi connectivity index (χ1) is 9.69. The quantitative estimate of drug-likeness (QED) is 0.773. The van der Waals surface area contributed by atoms with Crippen LogP contribution in [0.3, 0.4) is 0 Å². The number of fused-ring (bicyclic) bond motifs is 1. The van der Waals surface area contributed by atoms with Gasteiger partial charge in [0, 0.05) is 17.4 Å². The van der Waals surface area contributed by atoms with Crippen molar-refractivity contribution in [3.05, 3.63) is 30.0 Å². The highest BCUT2D eigenvalue weighted by molar-refractivity contribution is 6.02. The molecule has 2 amide bonds. The fourth-order valence-corrected chi connectivity index (χ4v) is 1.97. The number of ether oxygens (including phenoxy) is 1. The van der Waals surface area contributed by atoms with Crippen molar-refractivity contribution in [1.82, 2.24) is 9.88 Å². The Bertz CT molecular complexity index is 621. The van der Waals surface area contributed by atoms with Crippen LogP contribution in [0.25, 0.3) is 10.9 Å². The fraction of sp³-hybridized carbons (Fsp3) is 0.286. The second-order valence-corrected chi connectivity index (χ2v) is 4.38. The summed E-state index contributed by atoms with van der Waals surface area (Å²) in [4.78, 5) is 27.3. The highest BCUT2D eigenvalue weighted by atomic mass is 16.5. The molecule has 0 aliphatic carbocycles. The van der Waals surface area contributed by atoms with Crippen LogP contribution in [0.5, 0.6) is 5.75 Å². The molecule has 2 rings (SSSR count). The molecule has 0 fully saturated rings. The molecule has 1 aromatic heterocycles. The number of hydrogen-bond acceptors (Lipinski definition) is 4. The number of hydrogen-bond donors (Lipinski definition) is 2. The third kappa shape index (κ3) is 2.80. The average Bonchev–Trinajstić information content (AvgIpc) is 2.90. The zero-order valence-corrected chi connectivity index (χ0v) is 11.3. The largest absolute Gasteiger partial charge is 0.497 e. The average molecular weight is 275 g/mol. The molecule has 0 saturated carbocycles. The van der Waals surface area contributed by atoms with Gasteiger partial charge in [-0.1, -0.05) is 0 Å². The van der Waals surface area contributed by atoms with E-state index in [9.17, 15) is 9.59 Å². The lowest BCUT2D eigenvalue weighted by Gasteiger charge is -2.13. The normalized spacial score (nSPS) is 10.5. The van der Waals surface area contributed by atoms with E-state index in [0.29, 0.717) is 37.4 Å². The molecule has 0 bridgehead atoms. The third-order valence-electron chi connectivity index (χ3n) is 3.05. The Balaban J connectivity index is 2.27. The smallest absolute Gasteiger partial charge is 0.276 e. The van der Waals surface area contributed by atoms with Gasteiger partial charge in [0.05, 0.1) is 7.11 Å². The SMILES string of the molecule is COc1ccc2[nH]c(C(=O)N(C=O)CCCN)cc2c1. The van der Waals surface area contributed by atoms with Gasteiger partial charge in [-0.3, -0.25) is 14.5 Å². The van der Waals surface area contributed by atoms with Crippen LogP contribution in [0.15, 0.2) is 24.3 Å². The zero-order chi connectivity index (χ0) is 14.5. The maximum absolute atomic E-state index is 12.2. The summed E-state index contributed by atoms with van der Waals surface area (Å²) in [7, 11) is 1.58. The summed E-state index contributed by atoms with van der Waals surface area (Å²) >= 11 is 0. The number of amides is 2. The van der Waals surface area contributed by atoms with Crippen molar-refractivity contribution in [3.63, 3.8) is 0 Å². The van der Waals surface area contributed by atoms with Crippen molar-refractivity contribution in [2.75, 3.05) is 20.2 Å². The van der Waals surface area contributed by atoms with E-state index in [1.807, 2.05) is 12.1 Å². The van der Waals surface area contributed by atoms with E-state index in [0.717, 1.165) is 15.8 Å². The summed E-state index contributed by atoms with van der Waals surface area (Å²) in [5, 5.41) is 0.859. The lowest BCUT2D eigenvalue weighted by Crippen LogP contribution is -2.31. The van der Waals surface area contributed by atoms with Crippen LogP contribution in [0, 0.1) is 0 Å². The van der Waals surface area contributed by atoms with Gasteiger partial charge in [-0.25, -0.2) is 0 Å². The molecule has 0 saturated heterocycles. The van der Waals surface area contributed by atoms with Gasteiger partial charge < -0.3 is 15.5 Å². The number of benzene rings is 1. The van der Waals surface area contributed by atoms with Gasteiger partial charge >= 0.3 is 0 Å². The van der Waals surface area contributed by atoms with E-state index in [2.05, 4.69) is 4.98 Å². The standard InChI is InChI=1S/C14H17N3O3/c1-20-11-3-4-12-10(7-11)8-13(16-12)14(19)17(9-18)6-2-5-15/h3-4,7-9,16H,2,5-6,15H2,1H3. The summed E-state index contributed by atoms with van der Waals surface area (Å²) in [6.07, 6.45) is 1.11. The summed E-state index contributed by atoms with van der Waals surface area (Å²) in [5.41, 5.74) is 6.58. The van der Waals surface area contributed by atoms with Gasteiger partial charge in [-0.15, -0.1) is 0 Å². The highest BCUT2D eigenvalue weighted by Gasteiger charge is 2.17. The molecular weight excluding hydrogens is 258 g/mol. The Kier molecular flexibility index (Phi) is 4.37. The minimum Gasteiger partial charge on any atom is -0.497 e.